The summed E-state index contributed by atoms with van der Waals surface area (Å²) in [7, 11) is -1.41. The molecule has 2 atom stereocenters. The average molecular weight is 338 g/mol. The van der Waals surface area contributed by atoms with E-state index < -0.39 is 30.9 Å². The maximum Gasteiger partial charge on any atom is 0.451 e. The van der Waals surface area contributed by atoms with Crippen molar-refractivity contribution >= 4 is 24.8 Å². The van der Waals surface area contributed by atoms with Crippen LogP contribution >= 0.6 is 0 Å². The number of rotatable bonds is 6. The third-order valence-corrected chi connectivity index (χ3v) is 4.18. The molecule has 1 aliphatic heterocycles. The summed E-state index contributed by atoms with van der Waals surface area (Å²) in [6.45, 7) is 0.375. The number of nitrogens with one attached hydrogen (secondary N) is 1. The number of urea groups is 1. The number of nitrogens with zero attached hydrogens (tertiary/aromatic N) is 1. The molecule has 2 rings (SSSR count). The number of carboxylic acid groups (broad SMARTS) is 1. The van der Waals surface area contributed by atoms with E-state index in [1.807, 2.05) is 0 Å². The van der Waals surface area contributed by atoms with Crippen LogP contribution < -0.4 is 5.32 Å². The van der Waals surface area contributed by atoms with Gasteiger partial charge in [0.2, 0.25) is 0 Å². The Morgan fingerprint density at radius 1 is 1.25 bits per heavy atom. The fourth-order valence-corrected chi connectivity index (χ4v) is 2.91. The zero-order chi connectivity index (χ0) is 17.7. The summed E-state index contributed by atoms with van der Waals surface area (Å²) in [4.78, 5) is 25.0. The Morgan fingerprint density at radius 3 is 2.50 bits per heavy atom. The number of amides is 2. The lowest BCUT2D eigenvalue weighted by Crippen LogP contribution is -2.33. The molecule has 0 radical (unpaired) electrons. The number of aliphatic carboxylic acids is 1. The van der Waals surface area contributed by atoms with E-state index >= 15 is 0 Å². The second-order valence-corrected chi connectivity index (χ2v) is 5.96. The summed E-state index contributed by atoms with van der Waals surface area (Å²) in [5.74, 6) is -2.30. The Bertz CT molecular complexity index is 584. The van der Waals surface area contributed by atoms with Gasteiger partial charge >= 0.3 is 19.1 Å². The number of hydrogen-bond acceptors (Lipinski definition) is 4. The van der Waals surface area contributed by atoms with E-state index in [1.54, 1.807) is 0 Å². The van der Waals surface area contributed by atoms with Crippen molar-refractivity contribution < 1.29 is 29.1 Å². The minimum absolute atomic E-state index is 0.0920. The van der Waals surface area contributed by atoms with Gasteiger partial charge in [-0.2, -0.15) is 0 Å². The van der Waals surface area contributed by atoms with Crippen LogP contribution in [0.15, 0.2) is 24.3 Å². The Morgan fingerprint density at radius 2 is 1.92 bits per heavy atom. The van der Waals surface area contributed by atoms with Gasteiger partial charge in [0.25, 0.3) is 0 Å². The lowest BCUT2D eigenvalue weighted by molar-refractivity contribution is -0.142. The minimum atomic E-state index is -1.41. The number of anilines is 1. The topological polar surface area (TPSA) is 110 Å². The molecular weight excluding hydrogens is 318 g/mol. The Hall–Kier alpha value is -2.13. The van der Waals surface area contributed by atoms with Crippen molar-refractivity contribution in [3.05, 3.63) is 30.1 Å². The normalized spacial score (nSPS) is 20.0. The van der Waals surface area contributed by atoms with E-state index in [0.29, 0.717) is 18.5 Å². The molecule has 4 N–H and O–H groups in total. The van der Waals surface area contributed by atoms with E-state index in [2.05, 4.69) is 5.32 Å². The molecule has 0 aromatic heterocycles. The largest absolute Gasteiger partial charge is 0.481 e. The molecule has 2 unspecified atom stereocenters. The Balaban J connectivity index is 1.94. The first-order valence-corrected chi connectivity index (χ1v) is 7.77. The molecule has 130 valence electrons. The molecule has 1 saturated heterocycles. The highest BCUT2D eigenvalue weighted by atomic mass is 19.1. The summed E-state index contributed by atoms with van der Waals surface area (Å²) < 4.78 is 12.9. The molecule has 0 bridgehead atoms. The van der Waals surface area contributed by atoms with Crippen molar-refractivity contribution in [3.63, 3.8) is 0 Å². The average Bonchev–Trinajstić information content (AvgIpc) is 2.94. The predicted octanol–water partition coefficient (Wildman–Crippen LogP) is 1.24. The standard InChI is InChI=1S/C15H20BFN2O5/c17-11-3-5-12(6-4-11)18-15(22)19-8-10(2-1-7-16(23)24)13(9-19)14(20)21/h3-6,10,13,23-24H,1-2,7-9H2,(H,18,22)(H,20,21). The monoisotopic (exact) mass is 338 g/mol. The van der Waals surface area contributed by atoms with E-state index in [0.717, 1.165) is 0 Å². The molecule has 2 amide bonds. The van der Waals surface area contributed by atoms with Crippen LogP contribution in [0.3, 0.4) is 0 Å². The van der Waals surface area contributed by atoms with Crippen molar-refractivity contribution in [2.24, 2.45) is 11.8 Å². The molecule has 1 aromatic rings. The lowest BCUT2D eigenvalue weighted by atomic mass is 9.80. The van der Waals surface area contributed by atoms with Gasteiger partial charge in [-0.05, 0) is 42.9 Å². The van der Waals surface area contributed by atoms with E-state index in [9.17, 15) is 19.1 Å². The number of carbonyl (C=O) groups excluding carboxylic acids is 1. The van der Waals surface area contributed by atoms with Gasteiger partial charge in [0.1, 0.15) is 5.82 Å². The molecule has 7 nitrogen and oxygen atoms in total. The summed E-state index contributed by atoms with van der Waals surface area (Å²) in [6.07, 6.45) is 1.14. The van der Waals surface area contributed by atoms with Crippen molar-refractivity contribution in [2.45, 2.75) is 19.2 Å². The predicted molar refractivity (Wildman–Crippen MR) is 85.8 cm³/mol. The molecular formula is C15H20BFN2O5. The Labute approximate surface area is 139 Å². The number of carboxylic acids is 1. The number of carbonyl (C=O) groups is 2. The van der Waals surface area contributed by atoms with Crippen molar-refractivity contribution in [1.82, 2.24) is 4.90 Å². The summed E-state index contributed by atoms with van der Waals surface area (Å²) >= 11 is 0. The van der Waals surface area contributed by atoms with Crippen LogP contribution in [0.1, 0.15) is 12.8 Å². The number of hydrogen-bond donors (Lipinski definition) is 4. The zero-order valence-electron chi connectivity index (χ0n) is 13.1. The molecule has 1 fully saturated rings. The maximum atomic E-state index is 12.9. The maximum absolute atomic E-state index is 12.9. The smallest absolute Gasteiger partial charge is 0.451 e. The van der Waals surface area contributed by atoms with Gasteiger partial charge in [0.05, 0.1) is 5.92 Å². The summed E-state index contributed by atoms with van der Waals surface area (Å²) in [6, 6.07) is 4.87. The fourth-order valence-electron chi connectivity index (χ4n) is 2.91. The second kappa shape index (κ2) is 8.12. The first-order chi connectivity index (χ1) is 11.4. The highest BCUT2D eigenvalue weighted by Gasteiger charge is 2.39. The van der Waals surface area contributed by atoms with Gasteiger partial charge in [0.15, 0.2) is 0 Å². The van der Waals surface area contributed by atoms with E-state index in [4.69, 9.17) is 10.0 Å². The van der Waals surface area contributed by atoms with Crippen LogP contribution in [-0.4, -0.2) is 52.3 Å². The van der Waals surface area contributed by atoms with Gasteiger partial charge in [-0.1, -0.05) is 6.42 Å². The quantitative estimate of drug-likeness (QED) is 0.584. The number of halogens is 1. The molecule has 0 spiro atoms. The van der Waals surface area contributed by atoms with Gasteiger partial charge in [-0.15, -0.1) is 0 Å². The molecule has 1 heterocycles. The molecule has 1 aliphatic rings. The molecule has 24 heavy (non-hydrogen) atoms. The van der Waals surface area contributed by atoms with E-state index in [1.165, 1.54) is 29.2 Å². The molecule has 0 saturated carbocycles. The molecule has 1 aromatic carbocycles. The van der Waals surface area contributed by atoms with Gasteiger partial charge in [0, 0.05) is 18.8 Å². The van der Waals surface area contributed by atoms with Crippen LogP contribution in [0.2, 0.25) is 6.32 Å². The first-order valence-electron chi connectivity index (χ1n) is 7.77. The minimum Gasteiger partial charge on any atom is -0.481 e. The highest BCUT2D eigenvalue weighted by molar-refractivity contribution is 6.40. The van der Waals surface area contributed by atoms with Crippen molar-refractivity contribution in [3.8, 4) is 0 Å². The molecule has 9 heteroatoms. The lowest BCUT2D eigenvalue weighted by Gasteiger charge is -2.17. The van der Waals surface area contributed by atoms with Gasteiger partial charge in [-0.25, -0.2) is 9.18 Å². The third-order valence-electron chi connectivity index (χ3n) is 4.18. The van der Waals surface area contributed by atoms with Crippen LogP contribution in [0.4, 0.5) is 14.9 Å². The number of likely N-dealkylation sites (tertiary alicyclic amines) is 1. The fraction of sp³-hybridized carbons (Fsp3) is 0.467. The zero-order valence-corrected chi connectivity index (χ0v) is 13.1. The summed E-state index contributed by atoms with van der Waals surface area (Å²) in [5.41, 5.74) is 0.431. The van der Waals surface area contributed by atoms with Crippen LogP contribution in [-0.2, 0) is 4.79 Å². The third kappa shape index (κ3) is 4.94. The van der Waals surface area contributed by atoms with Crippen molar-refractivity contribution in [1.29, 1.82) is 0 Å². The highest BCUT2D eigenvalue weighted by Crippen LogP contribution is 2.29. The Kier molecular flexibility index (Phi) is 6.16. The SMILES string of the molecule is O=C(O)C1CN(C(=O)Nc2ccc(F)cc2)CC1CCCB(O)O. The van der Waals surface area contributed by atoms with E-state index in [-0.39, 0.29) is 25.3 Å². The summed E-state index contributed by atoms with van der Waals surface area (Å²) in [5, 5.41) is 29.7. The first kappa shape index (κ1) is 18.2. The van der Waals surface area contributed by atoms with Crippen LogP contribution in [0.5, 0.6) is 0 Å². The van der Waals surface area contributed by atoms with Gasteiger partial charge < -0.3 is 25.4 Å². The number of benzene rings is 1. The van der Waals surface area contributed by atoms with Crippen LogP contribution in [0, 0.1) is 17.7 Å². The van der Waals surface area contributed by atoms with Crippen LogP contribution in [0.25, 0.3) is 0 Å². The van der Waals surface area contributed by atoms with Crippen molar-refractivity contribution in [2.75, 3.05) is 18.4 Å². The van der Waals surface area contributed by atoms with Gasteiger partial charge in [-0.3, -0.25) is 4.79 Å². The molecule has 0 aliphatic carbocycles. The second-order valence-electron chi connectivity index (χ2n) is 5.96.